The Morgan fingerprint density at radius 1 is 1.00 bits per heavy atom. The first kappa shape index (κ1) is 28.5. The quantitative estimate of drug-likeness (QED) is 0.360. The van der Waals surface area contributed by atoms with Gasteiger partial charge in [0.2, 0.25) is 0 Å². The van der Waals surface area contributed by atoms with Gasteiger partial charge in [0.15, 0.2) is 0 Å². The largest absolute Gasteiger partial charge is 0.375 e. The van der Waals surface area contributed by atoms with Gasteiger partial charge in [0.05, 0.1) is 15.6 Å². The molecule has 0 saturated carbocycles. The van der Waals surface area contributed by atoms with Crippen LogP contribution in [0.2, 0.25) is 10.0 Å². The van der Waals surface area contributed by atoms with Gasteiger partial charge >= 0.3 is 6.03 Å². The van der Waals surface area contributed by atoms with Crippen LogP contribution in [0.1, 0.15) is 36.7 Å². The number of nitrogens with one attached hydrogen (secondary N) is 4. The molecule has 0 bridgehead atoms. The highest BCUT2D eigenvalue weighted by atomic mass is 35.5. The Morgan fingerprint density at radius 2 is 1.59 bits per heavy atom. The molecule has 2 aromatic carbocycles. The Hall–Kier alpha value is -3.07. The fourth-order valence-corrected chi connectivity index (χ4v) is 4.30. The van der Waals surface area contributed by atoms with Crippen molar-refractivity contribution in [2.24, 2.45) is 5.41 Å². The van der Waals surface area contributed by atoms with Gasteiger partial charge in [-0.25, -0.2) is 4.79 Å². The van der Waals surface area contributed by atoms with Crippen LogP contribution < -0.4 is 16.0 Å². The molecule has 2 aromatic rings. The third kappa shape index (κ3) is 7.95. The topological polar surface area (TPSA) is 101 Å². The summed E-state index contributed by atoms with van der Waals surface area (Å²) in [7, 11) is 1.69. The number of hydrogen-bond acceptors (Lipinski definition) is 5. The predicted molar refractivity (Wildman–Crippen MR) is 151 cm³/mol. The normalized spacial score (nSPS) is 14.8. The highest BCUT2D eigenvalue weighted by Gasteiger charge is 2.25. The third-order valence-corrected chi connectivity index (χ3v) is 6.70. The highest BCUT2D eigenvalue weighted by molar-refractivity contribution is 6.39. The number of allylic oxidation sites excluding steroid dienone is 1. The van der Waals surface area contributed by atoms with Crippen molar-refractivity contribution in [1.82, 2.24) is 20.4 Å². The zero-order valence-corrected chi connectivity index (χ0v) is 23.1. The Labute approximate surface area is 228 Å². The number of carbonyl (C=O) groups excluding carboxylic acids is 2. The van der Waals surface area contributed by atoms with Gasteiger partial charge in [0.25, 0.3) is 5.91 Å². The molecule has 1 aliphatic heterocycles. The summed E-state index contributed by atoms with van der Waals surface area (Å²) in [5.74, 6) is 0.305. The third-order valence-electron chi connectivity index (χ3n) is 6.07. The summed E-state index contributed by atoms with van der Waals surface area (Å²) in [6.45, 7) is 9.22. The molecule has 0 unspecified atom stereocenters. The van der Waals surface area contributed by atoms with Crippen molar-refractivity contribution in [1.29, 1.82) is 5.41 Å². The number of halogens is 2. The SMILES string of the molecule is CN/C(=C\C(=N)C(C)(C)C)NC(=O)Nc1ccc(CN2CCN(C(=O)c3c(Cl)cccc3Cl)CC2)cc1. The summed E-state index contributed by atoms with van der Waals surface area (Å²) >= 11 is 12.4. The Balaban J connectivity index is 1.50. The molecule has 0 spiro atoms. The van der Waals surface area contributed by atoms with Crippen LogP contribution in [0.4, 0.5) is 10.5 Å². The number of rotatable bonds is 7. The van der Waals surface area contributed by atoms with Gasteiger partial charge in [-0.1, -0.05) is 62.2 Å². The first-order chi connectivity index (χ1) is 17.5. The fourth-order valence-electron chi connectivity index (χ4n) is 3.74. The van der Waals surface area contributed by atoms with Crippen LogP contribution in [0.25, 0.3) is 0 Å². The standard InChI is InChI=1S/C27H34Cl2N6O2/c1-27(2,3)22(30)16-23(31-4)33-26(37)32-19-10-8-18(9-11-19)17-34-12-14-35(15-13-34)25(36)24-20(28)6-5-7-21(24)29/h5-11,16,30-31H,12-15,17H2,1-4H3,(H2,32,33,37)/b23-16+,30-22?. The van der Waals surface area contributed by atoms with Crippen molar-refractivity contribution in [3.63, 3.8) is 0 Å². The Morgan fingerprint density at radius 3 is 2.14 bits per heavy atom. The average molecular weight is 546 g/mol. The maximum absolute atomic E-state index is 12.9. The second-order valence-corrected chi connectivity index (χ2v) is 10.7. The predicted octanol–water partition coefficient (Wildman–Crippen LogP) is 5.20. The van der Waals surface area contributed by atoms with Gasteiger partial charge < -0.3 is 20.9 Å². The van der Waals surface area contributed by atoms with E-state index in [1.54, 1.807) is 36.2 Å². The molecule has 37 heavy (non-hydrogen) atoms. The van der Waals surface area contributed by atoms with Crippen molar-refractivity contribution in [2.75, 3.05) is 38.5 Å². The van der Waals surface area contributed by atoms with Gasteiger partial charge in [0.1, 0.15) is 5.82 Å². The zero-order chi connectivity index (χ0) is 27.2. The van der Waals surface area contributed by atoms with Gasteiger partial charge in [0, 0.05) is 56.6 Å². The van der Waals surface area contributed by atoms with Crippen molar-refractivity contribution in [3.8, 4) is 0 Å². The van der Waals surface area contributed by atoms with Gasteiger partial charge in [-0.15, -0.1) is 0 Å². The highest BCUT2D eigenvalue weighted by Crippen LogP contribution is 2.26. The minimum atomic E-state index is -0.394. The van der Waals surface area contributed by atoms with Crippen LogP contribution in [0, 0.1) is 10.8 Å². The summed E-state index contributed by atoms with van der Waals surface area (Å²) in [4.78, 5) is 29.4. The van der Waals surface area contributed by atoms with E-state index in [-0.39, 0.29) is 11.3 Å². The molecule has 8 nitrogen and oxygen atoms in total. The summed E-state index contributed by atoms with van der Waals surface area (Å²) in [5.41, 5.74) is 2.21. The average Bonchev–Trinajstić information content (AvgIpc) is 2.84. The second-order valence-electron chi connectivity index (χ2n) is 9.91. The molecule has 1 saturated heterocycles. The molecule has 0 aromatic heterocycles. The summed E-state index contributed by atoms with van der Waals surface area (Å²) in [6.07, 6.45) is 1.61. The van der Waals surface area contributed by atoms with E-state index in [1.807, 2.05) is 45.0 Å². The minimum absolute atomic E-state index is 0.143. The number of carbonyl (C=O) groups is 2. The lowest BCUT2D eigenvalue weighted by Gasteiger charge is -2.35. The molecule has 10 heteroatoms. The van der Waals surface area contributed by atoms with Gasteiger partial charge in [-0.3, -0.25) is 15.0 Å². The second kappa shape index (κ2) is 12.4. The zero-order valence-electron chi connectivity index (χ0n) is 21.6. The molecule has 3 amide bonds. The van der Waals surface area contributed by atoms with E-state index in [9.17, 15) is 9.59 Å². The summed E-state index contributed by atoms with van der Waals surface area (Å²) in [5, 5.41) is 17.3. The number of nitrogens with zero attached hydrogens (tertiary/aromatic N) is 2. The maximum Gasteiger partial charge on any atom is 0.324 e. The van der Waals surface area contributed by atoms with Crippen molar-refractivity contribution >= 4 is 46.5 Å². The van der Waals surface area contributed by atoms with E-state index in [4.69, 9.17) is 28.6 Å². The molecular weight excluding hydrogens is 511 g/mol. The van der Waals surface area contributed by atoms with Crippen LogP contribution in [0.15, 0.2) is 54.4 Å². The summed E-state index contributed by atoms with van der Waals surface area (Å²) in [6, 6.07) is 12.3. The molecule has 1 heterocycles. The number of amides is 3. The Kier molecular flexibility index (Phi) is 9.59. The number of piperazine rings is 1. The molecule has 4 N–H and O–H groups in total. The van der Waals surface area contributed by atoms with Crippen LogP contribution in [0.3, 0.4) is 0 Å². The van der Waals surface area contributed by atoms with E-state index >= 15 is 0 Å². The lowest BCUT2D eigenvalue weighted by atomic mass is 9.90. The molecule has 0 radical (unpaired) electrons. The molecule has 3 rings (SSSR count). The maximum atomic E-state index is 12.9. The molecule has 1 aliphatic rings. The number of hydrogen-bond donors (Lipinski definition) is 4. The Bertz CT molecular complexity index is 1150. The molecule has 0 atom stereocenters. The van der Waals surface area contributed by atoms with Crippen LogP contribution >= 0.6 is 23.2 Å². The van der Waals surface area contributed by atoms with Crippen LogP contribution in [-0.4, -0.2) is 60.7 Å². The van der Waals surface area contributed by atoms with Crippen LogP contribution in [-0.2, 0) is 6.54 Å². The molecule has 1 fully saturated rings. The number of anilines is 1. The lowest BCUT2D eigenvalue weighted by Crippen LogP contribution is -2.48. The van der Waals surface area contributed by atoms with E-state index in [1.165, 1.54) is 0 Å². The first-order valence-corrected chi connectivity index (χ1v) is 12.8. The van der Waals surface area contributed by atoms with Crippen molar-refractivity contribution in [3.05, 3.63) is 75.5 Å². The van der Waals surface area contributed by atoms with Gasteiger partial charge in [-0.2, -0.15) is 0 Å². The minimum Gasteiger partial charge on any atom is -0.375 e. The lowest BCUT2D eigenvalue weighted by molar-refractivity contribution is 0.0629. The number of urea groups is 1. The van der Waals surface area contributed by atoms with Crippen molar-refractivity contribution < 1.29 is 9.59 Å². The summed E-state index contributed by atoms with van der Waals surface area (Å²) < 4.78 is 0. The fraction of sp³-hybridized carbons (Fsp3) is 0.370. The van der Waals surface area contributed by atoms with E-state index < -0.39 is 6.03 Å². The molecule has 198 valence electrons. The number of benzene rings is 2. The van der Waals surface area contributed by atoms with Gasteiger partial charge in [-0.05, 0) is 35.9 Å². The van der Waals surface area contributed by atoms with E-state index in [0.717, 1.165) is 25.2 Å². The smallest absolute Gasteiger partial charge is 0.324 e. The first-order valence-electron chi connectivity index (χ1n) is 12.1. The molecular formula is C27H34Cl2N6O2. The monoisotopic (exact) mass is 544 g/mol. The van der Waals surface area contributed by atoms with E-state index in [0.29, 0.717) is 45.9 Å². The van der Waals surface area contributed by atoms with Crippen molar-refractivity contribution in [2.45, 2.75) is 27.3 Å². The van der Waals surface area contributed by atoms with E-state index in [2.05, 4.69) is 20.9 Å². The van der Waals surface area contributed by atoms with Crippen LogP contribution in [0.5, 0.6) is 0 Å². The molecule has 0 aliphatic carbocycles.